The number of likely N-dealkylation sites (N-methyl/N-ethyl adjacent to an activating group) is 1. The van der Waals surface area contributed by atoms with E-state index in [9.17, 15) is 8.42 Å². The molecule has 2 aliphatic heterocycles. The minimum atomic E-state index is -3.98. The number of allylic oxidation sites excluding steroid dienone is 3. The molecule has 11 heteroatoms. The van der Waals surface area contributed by atoms with Gasteiger partial charge in [0.05, 0.1) is 0 Å². The molecule has 0 radical (unpaired) electrons. The van der Waals surface area contributed by atoms with Crippen molar-refractivity contribution in [1.29, 1.82) is 0 Å². The molecule has 0 bridgehead atoms. The summed E-state index contributed by atoms with van der Waals surface area (Å²) >= 11 is 0. The Morgan fingerprint density at radius 2 is 2.03 bits per heavy atom. The number of sulfonamides is 1. The zero-order valence-corrected chi connectivity index (χ0v) is 20.0. The highest BCUT2D eigenvalue weighted by Crippen LogP contribution is 2.32. The van der Waals surface area contributed by atoms with Crippen LogP contribution in [0.15, 0.2) is 77.3 Å². The summed E-state index contributed by atoms with van der Waals surface area (Å²) in [6.45, 7) is 4.17. The van der Waals surface area contributed by atoms with Gasteiger partial charge < -0.3 is 25.0 Å². The van der Waals surface area contributed by atoms with Crippen molar-refractivity contribution in [3.8, 4) is 0 Å². The highest BCUT2D eigenvalue weighted by Gasteiger charge is 2.23. The largest absolute Gasteiger partial charge is 0.457 e. The van der Waals surface area contributed by atoms with Crippen molar-refractivity contribution in [3.63, 3.8) is 0 Å². The lowest BCUT2D eigenvalue weighted by molar-refractivity contribution is 0.250. The molecule has 2 aromatic rings. The lowest BCUT2D eigenvalue weighted by Gasteiger charge is -2.21. The first-order chi connectivity index (χ1) is 16.9. The molecule has 1 aromatic carbocycles. The van der Waals surface area contributed by atoms with E-state index >= 15 is 0 Å². The summed E-state index contributed by atoms with van der Waals surface area (Å²) in [5.41, 5.74) is 5.11. The maximum Gasteiger partial charge on any atom is 0.274 e. The molecule has 1 aromatic heterocycles. The molecule has 182 valence electrons. The number of nitrogens with one attached hydrogen (secondary N) is 2. The fraction of sp³-hybridized carbons (Fsp3) is 0.250. The lowest BCUT2D eigenvalue weighted by Crippen LogP contribution is -2.19. The van der Waals surface area contributed by atoms with Crippen LogP contribution in [0.5, 0.6) is 0 Å². The number of nitrogens with zero attached hydrogens (tertiary/aromatic N) is 3. The zero-order valence-electron chi connectivity index (χ0n) is 19.2. The minimum Gasteiger partial charge on any atom is -0.457 e. The monoisotopic (exact) mass is 494 g/mol. The number of benzene rings is 1. The number of hydrogen-bond donors (Lipinski definition) is 3. The van der Waals surface area contributed by atoms with Crippen LogP contribution in [0.4, 0.5) is 23.1 Å². The van der Waals surface area contributed by atoms with E-state index in [-0.39, 0.29) is 0 Å². The van der Waals surface area contributed by atoms with E-state index in [1.165, 1.54) is 17.5 Å². The first-order valence-corrected chi connectivity index (χ1v) is 12.9. The molecule has 0 fully saturated rings. The van der Waals surface area contributed by atoms with Crippen molar-refractivity contribution in [2.24, 2.45) is 5.14 Å². The Balaban J connectivity index is 1.34. The van der Waals surface area contributed by atoms with E-state index in [1.54, 1.807) is 12.3 Å². The third-order valence-corrected chi connectivity index (χ3v) is 6.70. The third kappa shape index (κ3) is 5.00. The first kappa shape index (κ1) is 22.9. The molecule has 0 amide bonds. The van der Waals surface area contributed by atoms with E-state index in [1.807, 2.05) is 18.2 Å². The van der Waals surface area contributed by atoms with Crippen LogP contribution in [-0.4, -0.2) is 31.5 Å². The van der Waals surface area contributed by atoms with Crippen LogP contribution in [0.3, 0.4) is 0 Å². The fourth-order valence-corrected chi connectivity index (χ4v) is 4.56. The number of nitrogens with two attached hydrogens (primary N) is 1. The summed E-state index contributed by atoms with van der Waals surface area (Å²) in [6, 6.07) is 8.10. The second-order valence-corrected chi connectivity index (χ2v) is 9.71. The molecular weight excluding hydrogens is 468 g/mol. The Bertz CT molecular complexity index is 1380. The van der Waals surface area contributed by atoms with E-state index < -0.39 is 15.1 Å². The fourth-order valence-electron chi connectivity index (χ4n) is 4.20. The van der Waals surface area contributed by atoms with Crippen molar-refractivity contribution >= 4 is 33.2 Å². The molecule has 0 spiro atoms. The highest BCUT2D eigenvalue weighted by molar-refractivity contribution is 7.92. The smallest absolute Gasteiger partial charge is 0.274 e. The van der Waals surface area contributed by atoms with Crippen molar-refractivity contribution in [2.75, 3.05) is 28.6 Å². The summed E-state index contributed by atoms with van der Waals surface area (Å²) < 4.78 is 33.6. The molecule has 1 aliphatic carbocycles. The van der Waals surface area contributed by atoms with Gasteiger partial charge in [-0.05, 0) is 56.0 Å². The Labute approximate surface area is 203 Å². The van der Waals surface area contributed by atoms with Gasteiger partial charge in [0, 0.05) is 41.9 Å². The summed E-state index contributed by atoms with van der Waals surface area (Å²) in [5.74, 6) is 1.46. The van der Waals surface area contributed by atoms with Crippen LogP contribution >= 0.6 is 0 Å². The second-order valence-electron chi connectivity index (χ2n) is 8.22. The lowest BCUT2D eigenvalue weighted by atomic mass is 10.0. The van der Waals surface area contributed by atoms with E-state index in [2.05, 4.69) is 44.6 Å². The van der Waals surface area contributed by atoms with Gasteiger partial charge >= 0.3 is 0 Å². The van der Waals surface area contributed by atoms with Crippen LogP contribution in [0, 0.1) is 0 Å². The SMILES string of the molecule is CCN1CCc2ccc(Nc3nccc(NC4=C(C5=COC(S(N)(=O)=O)=CO5)CCC=C4)n3)cc21. The van der Waals surface area contributed by atoms with Crippen LogP contribution in [0.25, 0.3) is 0 Å². The molecule has 4 N–H and O–H groups in total. The number of fused-ring (bicyclic) bond motifs is 1. The average Bonchev–Trinajstić information content (AvgIpc) is 3.27. The standard InChI is InChI=1S/C24H26N6O4S/c1-2-30-12-10-16-7-8-17(13-20(16)30)27-24-26-11-9-22(29-24)28-19-6-4-3-5-18(19)21-14-34-23(15-33-21)35(25,31)32/h4,6-9,11,13-15H,2-3,5,10,12H2,1H3,(H2,25,31,32)(H2,26,27,28,29). The van der Waals surface area contributed by atoms with Crippen LogP contribution in [0.2, 0.25) is 0 Å². The number of ether oxygens (including phenoxy) is 2. The van der Waals surface area contributed by atoms with Crippen LogP contribution < -0.4 is 20.7 Å². The molecule has 0 unspecified atom stereocenters. The van der Waals surface area contributed by atoms with Crippen molar-refractivity contribution in [3.05, 3.63) is 82.8 Å². The normalized spacial score (nSPS) is 17.3. The number of hydrogen-bond acceptors (Lipinski definition) is 9. The number of aromatic nitrogens is 2. The number of anilines is 4. The molecule has 3 aliphatic rings. The third-order valence-electron chi connectivity index (χ3n) is 5.95. The predicted octanol–water partition coefficient (Wildman–Crippen LogP) is 3.59. The molecular formula is C24H26N6O4S. The number of primary sulfonamides is 1. The second kappa shape index (κ2) is 9.43. The molecule has 0 saturated heterocycles. The predicted molar refractivity (Wildman–Crippen MR) is 134 cm³/mol. The van der Waals surface area contributed by atoms with Crippen LogP contribution in [0.1, 0.15) is 25.3 Å². The zero-order chi connectivity index (χ0) is 24.4. The Hall–Kier alpha value is -3.83. The Kier molecular flexibility index (Phi) is 6.18. The van der Waals surface area contributed by atoms with Crippen molar-refractivity contribution in [1.82, 2.24) is 9.97 Å². The molecule has 0 atom stereocenters. The summed E-state index contributed by atoms with van der Waals surface area (Å²) in [7, 11) is -3.98. The quantitative estimate of drug-likeness (QED) is 0.528. The van der Waals surface area contributed by atoms with Gasteiger partial charge in [-0.2, -0.15) is 4.98 Å². The molecule has 35 heavy (non-hydrogen) atoms. The van der Waals surface area contributed by atoms with Gasteiger partial charge in [0.15, 0.2) is 5.76 Å². The summed E-state index contributed by atoms with van der Waals surface area (Å²) in [4.78, 5) is 11.3. The van der Waals surface area contributed by atoms with Gasteiger partial charge in [0.25, 0.3) is 15.1 Å². The first-order valence-electron chi connectivity index (χ1n) is 11.3. The van der Waals surface area contributed by atoms with Crippen LogP contribution in [-0.2, 0) is 25.9 Å². The highest BCUT2D eigenvalue weighted by atomic mass is 32.2. The van der Waals surface area contributed by atoms with Gasteiger partial charge in [0.1, 0.15) is 18.3 Å². The average molecular weight is 495 g/mol. The van der Waals surface area contributed by atoms with E-state index in [0.29, 0.717) is 23.9 Å². The summed E-state index contributed by atoms with van der Waals surface area (Å²) in [6.07, 6.45) is 10.4. The molecule has 3 heterocycles. The van der Waals surface area contributed by atoms with Gasteiger partial charge in [-0.3, -0.25) is 0 Å². The Morgan fingerprint density at radius 3 is 2.80 bits per heavy atom. The van der Waals surface area contributed by atoms with Gasteiger partial charge in [-0.25, -0.2) is 18.5 Å². The van der Waals surface area contributed by atoms with Crippen molar-refractivity contribution in [2.45, 2.75) is 26.2 Å². The van der Waals surface area contributed by atoms with Gasteiger partial charge in [0.2, 0.25) is 5.95 Å². The van der Waals surface area contributed by atoms with Gasteiger partial charge in [-0.15, -0.1) is 0 Å². The van der Waals surface area contributed by atoms with E-state index in [0.717, 1.165) is 49.2 Å². The molecule has 5 rings (SSSR count). The molecule has 10 nitrogen and oxygen atoms in total. The van der Waals surface area contributed by atoms with Gasteiger partial charge in [-0.1, -0.05) is 12.1 Å². The molecule has 0 saturated carbocycles. The maximum absolute atomic E-state index is 11.4. The Morgan fingerprint density at radius 1 is 1.14 bits per heavy atom. The summed E-state index contributed by atoms with van der Waals surface area (Å²) in [5, 5.41) is 11.2. The van der Waals surface area contributed by atoms with Crippen molar-refractivity contribution < 1.29 is 17.9 Å². The van der Waals surface area contributed by atoms with E-state index in [4.69, 9.17) is 14.6 Å². The topological polar surface area (TPSA) is 132 Å². The number of rotatable bonds is 7. The maximum atomic E-state index is 11.4. The minimum absolute atomic E-state index is 0.398.